The summed E-state index contributed by atoms with van der Waals surface area (Å²) in [7, 11) is 3.10. The highest BCUT2D eigenvalue weighted by molar-refractivity contribution is 6.07. The Hall–Kier alpha value is -4.79. The first-order chi connectivity index (χ1) is 18.9. The Kier molecular flexibility index (Phi) is 8.83. The van der Waals surface area contributed by atoms with Gasteiger partial charge in [-0.05, 0) is 67.4 Å². The maximum Gasteiger partial charge on any atom is 0.263 e. The molecule has 0 atom stereocenters. The van der Waals surface area contributed by atoms with Crippen LogP contribution in [0.5, 0.6) is 11.5 Å². The number of pyridine rings is 1. The van der Waals surface area contributed by atoms with Crippen LogP contribution >= 0.6 is 0 Å². The molecule has 0 spiro atoms. The van der Waals surface area contributed by atoms with Crippen molar-refractivity contribution in [2.75, 3.05) is 36.7 Å². The van der Waals surface area contributed by atoms with Crippen LogP contribution in [-0.2, 0) is 4.79 Å². The average Bonchev–Trinajstić information content (AvgIpc) is 2.96. The quantitative estimate of drug-likeness (QED) is 0.186. The molecule has 2 amide bonds. The highest BCUT2D eigenvalue weighted by atomic mass is 16.5. The molecule has 9 nitrogen and oxygen atoms in total. The van der Waals surface area contributed by atoms with Crippen LogP contribution in [0.4, 0.5) is 17.1 Å². The van der Waals surface area contributed by atoms with Crippen molar-refractivity contribution in [2.45, 2.75) is 25.7 Å². The molecule has 0 saturated carbocycles. The lowest BCUT2D eigenvalue weighted by Gasteiger charge is -2.23. The van der Waals surface area contributed by atoms with E-state index in [1.807, 2.05) is 12.1 Å². The first kappa shape index (κ1) is 27.3. The first-order valence-corrected chi connectivity index (χ1v) is 12.7. The number of carbonyl (C=O) groups excluding carboxylic acids is 2. The SMILES string of the molecule is COc1ccc(N(CCCCCC(=O)Nc2ccccc2N)C(=O)c2c[nH]c3ccc(OC)cc3c2=O)cc1. The Labute approximate surface area is 226 Å². The average molecular weight is 529 g/mol. The van der Waals surface area contributed by atoms with Gasteiger partial charge >= 0.3 is 0 Å². The summed E-state index contributed by atoms with van der Waals surface area (Å²) in [4.78, 5) is 44.0. The minimum atomic E-state index is -0.413. The number of methoxy groups -OCH3 is 2. The van der Waals surface area contributed by atoms with Crippen LogP contribution < -0.4 is 30.9 Å². The van der Waals surface area contributed by atoms with E-state index in [9.17, 15) is 14.4 Å². The number of hydrogen-bond acceptors (Lipinski definition) is 6. The molecule has 0 saturated heterocycles. The number of aromatic amines is 1. The summed E-state index contributed by atoms with van der Waals surface area (Å²) in [5.41, 5.74) is 7.92. The number of carbonyl (C=O) groups is 2. The number of unbranched alkanes of at least 4 members (excludes halogenated alkanes) is 2. The smallest absolute Gasteiger partial charge is 0.263 e. The molecule has 39 heavy (non-hydrogen) atoms. The van der Waals surface area contributed by atoms with E-state index in [2.05, 4.69) is 10.3 Å². The number of H-pyrrole nitrogens is 1. The standard InChI is InChI=1S/C30H32N4O5/c1-38-21-13-11-20(12-14-21)34(17-7-3-4-10-28(35)33-27-9-6-5-8-25(27)31)30(37)24-19-32-26-16-15-22(39-2)18-23(26)29(24)36/h5-6,8-9,11-16,18-19H,3-4,7,10,17,31H2,1-2H3,(H,32,36)(H,33,35). The second-order valence-corrected chi connectivity index (χ2v) is 9.04. The summed E-state index contributed by atoms with van der Waals surface area (Å²) in [5, 5.41) is 3.20. The van der Waals surface area contributed by atoms with Crippen molar-refractivity contribution in [1.29, 1.82) is 0 Å². The topological polar surface area (TPSA) is 127 Å². The fourth-order valence-corrected chi connectivity index (χ4v) is 4.29. The van der Waals surface area contributed by atoms with Crippen molar-refractivity contribution >= 4 is 39.8 Å². The molecule has 0 aliphatic carbocycles. The van der Waals surface area contributed by atoms with Gasteiger partial charge in [-0.15, -0.1) is 0 Å². The third kappa shape index (κ3) is 6.56. The monoisotopic (exact) mass is 528 g/mol. The normalized spacial score (nSPS) is 10.7. The van der Waals surface area contributed by atoms with Crippen molar-refractivity contribution in [2.24, 2.45) is 0 Å². The van der Waals surface area contributed by atoms with Crippen LogP contribution in [0.25, 0.3) is 10.9 Å². The number of nitrogens with zero attached hydrogens (tertiary/aromatic N) is 1. The maximum absolute atomic E-state index is 13.7. The fourth-order valence-electron chi connectivity index (χ4n) is 4.29. The van der Waals surface area contributed by atoms with E-state index in [-0.39, 0.29) is 16.9 Å². The number of benzene rings is 3. The van der Waals surface area contributed by atoms with Gasteiger partial charge in [0.2, 0.25) is 11.3 Å². The van der Waals surface area contributed by atoms with Gasteiger partial charge in [0.1, 0.15) is 17.1 Å². The molecular weight excluding hydrogens is 496 g/mol. The van der Waals surface area contributed by atoms with Crippen molar-refractivity contribution in [1.82, 2.24) is 4.98 Å². The summed E-state index contributed by atoms with van der Waals surface area (Å²) in [6, 6.07) is 19.3. The molecule has 1 heterocycles. The number of hydrogen-bond donors (Lipinski definition) is 3. The van der Waals surface area contributed by atoms with Gasteiger partial charge in [0.05, 0.1) is 25.6 Å². The first-order valence-electron chi connectivity index (χ1n) is 12.7. The summed E-state index contributed by atoms with van der Waals surface area (Å²) in [6.07, 6.45) is 3.77. The number of nitrogens with one attached hydrogen (secondary N) is 2. The number of ether oxygens (including phenoxy) is 2. The summed E-state index contributed by atoms with van der Waals surface area (Å²) in [5.74, 6) is 0.660. The van der Waals surface area contributed by atoms with Gasteiger partial charge in [-0.2, -0.15) is 0 Å². The minimum absolute atomic E-state index is 0.0337. The van der Waals surface area contributed by atoms with Crippen LogP contribution in [0.15, 0.2) is 77.7 Å². The molecule has 0 aliphatic heterocycles. The van der Waals surface area contributed by atoms with Crippen LogP contribution in [0.2, 0.25) is 0 Å². The predicted octanol–water partition coefficient (Wildman–Crippen LogP) is 4.97. The van der Waals surface area contributed by atoms with E-state index in [0.29, 0.717) is 71.7 Å². The number of aromatic nitrogens is 1. The van der Waals surface area contributed by atoms with Crippen LogP contribution in [0.1, 0.15) is 36.0 Å². The number of anilines is 3. The molecule has 1 aromatic heterocycles. The third-order valence-corrected chi connectivity index (χ3v) is 6.47. The molecule has 0 aliphatic rings. The lowest BCUT2D eigenvalue weighted by molar-refractivity contribution is -0.116. The summed E-state index contributed by atoms with van der Waals surface area (Å²) in [6.45, 7) is 0.369. The van der Waals surface area contributed by atoms with E-state index in [4.69, 9.17) is 15.2 Å². The molecule has 4 rings (SSSR count). The number of nitrogen functional groups attached to an aromatic ring is 1. The largest absolute Gasteiger partial charge is 0.497 e. The Balaban J connectivity index is 1.46. The maximum atomic E-state index is 13.7. The zero-order valence-corrected chi connectivity index (χ0v) is 22.0. The van der Waals surface area contributed by atoms with E-state index in [1.54, 1.807) is 66.6 Å². The molecule has 0 radical (unpaired) electrons. The van der Waals surface area contributed by atoms with Crippen LogP contribution in [0.3, 0.4) is 0 Å². The lowest BCUT2D eigenvalue weighted by Crippen LogP contribution is -2.35. The number of para-hydroxylation sites is 2. The Morgan fingerprint density at radius 2 is 1.64 bits per heavy atom. The van der Waals surface area contributed by atoms with E-state index in [0.717, 1.165) is 0 Å². The van der Waals surface area contributed by atoms with E-state index in [1.165, 1.54) is 13.3 Å². The predicted molar refractivity (Wildman–Crippen MR) is 154 cm³/mol. The fraction of sp³-hybridized carbons (Fsp3) is 0.233. The zero-order valence-electron chi connectivity index (χ0n) is 22.0. The molecule has 202 valence electrons. The van der Waals surface area contributed by atoms with E-state index >= 15 is 0 Å². The van der Waals surface area contributed by atoms with Crippen molar-refractivity contribution in [3.05, 3.63) is 88.7 Å². The van der Waals surface area contributed by atoms with Gasteiger partial charge < -0.3 is 30.4 Å². The number of fused-ring (bicyclic) bond motifs is 1. The molecule has 3 aromatic carbocycles. The number of rotatable bonds is 11. The molecule has 9 heteroatoms. The molecule has 4 aromatic rings. The third-order valence-electron chi connectivity index (χ3n) is 6.47. The van der Waals surface area contributed by atoms with E-state index < -0.39 is 5.91 Å². The van der Waals surface area contributed by atoms with Gasteiger partial charge in [0.15, 0.2) is 0 Å². The van der Waals surface area contributed by atoms with Gasteiger partial charge in [-0.1, -0.05) is 18.6 Å². The van der Waals surface area contributed by atoms with Gasteiger partial charge in [0.25, 0.3) is 5.91 Å². The summed E-state index contributed by atoms with van der Waals surface area (Å²) < 4.78 is 10.5. The molecule has 0 fully saturated rings. The number of amides is 2. The van der Waals surface area contributed by atoms with Gasteiger partial charge in [0, 0.05) is 35.8 Å². The van der Waals surface area contributed by atoms with Crippen molar-refractivity contribution in [3.8, 4) is 11.5 Å². The van der Waals surface area contributed by atoms with Crippen LogP contribution in [-0.4, -0.2) is 37.6 Å². The molecule has 0 bridgehead atoms. The number of nitrogens with two attached hydrogens (primary N) is 1. The van der Waals surface area contributed by atoms with Crippen molar-refractivity contribution < 1.29 is 19.1 Å². The highest BCUT2D eigenvalue weighted by Crippen LogP contribution is 2.23. The lowest BCUT2D eigenvalue weighted by atomic mass is 10.1. The highest BCUT2D eigenvalue weighted by Gasteiger charge is 2.22. The Morgan fingerprint density at radius 1 is 0.923 bits per heavy atom. The Morgan fingerprint density at radius 3 is 2.36 bits per heavy atom. The molecular formula is C30H32N4O5. The van der Waals surface area contributed by atoms with Gasteiger partial charge in [-0.3, -0.25) is 14.4 Å². The second-order valence-electron chi connectivity index (χ2n) is 9.04. The van der Waals surface area contributed by atoms with Gasteiger partial charge in [-0.25, -0.2) is 0 Å². The van der Waals surface area contributed by atoms with Crippen molar-refractivity contribution in [3.63, 3.8) is 0 Å². The van der Waals surface area contributed by atoms with Crippen LogP contribution in [0, 0.1) is 0 Å². The zero-order chi connectivity index (χ0) is 27.8. The minimum Gasteiger partial charge on any atom is -0.497 e. The summed E-state index contributed by atoms with van der Waals surface area (Å²) >= 11 is 0. The molecule has 0 unspecified atom stereocenters. The second kappa shape index (κ2) is 12.6. The Bertz CT molecular complexity index is 1510. The molecule has 4 N–H and O–H groups in total.